The molecule has 0 unspecified atom stereocenters. The van der Waals surface area contributed by atoms with E-state index in [0.29, 0.717) is 10.6 Å². The minimum Gasteiger partial charge on any atom is -0.279 e. The standard InChI is InChI=1S/C13H11BrN2O2S2/c1-8-5-10(6-9(2)13(8)14)16-20(17,18)12-4-3-11(7-15)19-12/h3-6,16H,1-2H3. The Labute approximate surface area is 130 Å². The van der Waals surface area contributed by atoms with Crippen molar-refractivity contribution < 1.29 is 8.42 Å². The van der Waals surface area contributed by atoms with Crippen LogP contribution < -0.4 is 4.72 Å². The molecular formula is C13H11BrN2O2S2. The van der Waals surface area contributed by atoms with Gasteiger partial charge in [-0.25, -0.2) is 8.42 Å². The third-order valence-electron chi connectivity index (χ3n) is 2.65. The van der Waals surface area contributed by atoms with E-state index in [-0.39, 0.29) is 4.21 Å². The summed E-state index contributed by atoms with van der Waals surface area (Å²) in [5.41, 5.74) is 2.41. The van der Waals surface area contributed by atoms with Gasteiger partial charge in [-0.3, -0.25) is 4.72 Å². The summed E-state index contributed by atoms with van der Waals surface area (Å²) in [7, 11) is -3.65. The molecule has 1 N–H and O–H groups in total. The van der Waals surface area contributed by atoms with Gasteiger partial charge in [0.2, 0.25) is 0 Å². The van der Waals surface area contributed by atoms with E-state index in [0.717, 1.165) is 26.9 Å². The van der Waals surface area contributed by atoms with Crippen molar-refractivity contribution in [2.45, 2.75) is 18.1 Å². The smallest absolute Gasteiger partial charge is 0.271 e. The number of anilines is 1. The van der Waals surface area contributed by atoms with Gasteiger partial charge in [0.25, 0.3) is 10.0 Å². The molecule has 7 heteroatoms. The van der Waals surface area contributed by atoms with E-state index >= 15 is 0 Å². The van der Waals surface area contributed by atoms with E-state index in [1.165, 1.54) is 12.1 Å². The van der Waals surface area contributed by atoms with Gasteiger partial charge >= 0.3 is 0 Å². The number of hydrogen-bond donors (Lipinski definition) is 1. The average Bonchev–Trinajstić information content (AvgIpc) is 2.85. The molecule has 0 radical (unpaired) electrons. The van der Waals surface area contributed by atoms with Crippen LogP contribution in [0.4, 0.5) is 5.69 Å². The number of nitrogens with zero attached hydrogens (tertiary/aromatic N) is 1. The van der Waals surface area contributed by atoms with E-state index in [2.05, 4.69) is 20.7 Å². The molecule has 0 spiro atoms. The molecule has 0 atom stereocenters. The van der Waals surface area contributed by atoms with Crippen LogP contribution in [0.1, 0.15) is 16.0 Å². The van der Waals surface area contributed by atoms with Crippen molar-refractivity contribution in [2.24, 2.45) is 0 Å². The molecule has 0 aliphatic rings. The number of sulfonamides is 1. The Hall–Kier alpha value is -1.36. The molecule has 0 aliphatic heterocycles. The molecule has 20 heavy (non-hydrogen) atoms. The summed E-state index contributed by atoms with van der Waals surface area (Å²) < 4.78 is 28.1. The van der Waals surface area contributed by atoms with Crippen LogP contribution in [0.25, 0.3) is 0 Å². The molecule has 2 aromatic rings. The van der Waals surface area contributed by atoms with Gasteiger partial charge in [0.15, 0.2) is 0 Å². The summed E-state index contributed by atoms with van der Waals surface area (Å²) in [5, 5.41) is 8.75. The van der Waals surface area contributed by atoms with Crippen molar-refractivity contribution in [1.29, 1.82) is 5.26 Å². The lowest BCUT2D eigenvalue weighted by Gasteiger charge is -2.10. The Bertz CT molecular complexity index is 781. The first kappa shape index (κ1) is 15.0. The highest BCUT2D eigenvalue weighted by Gasteiger charge is 2.17. The average molecular weight is 371 g/mol. The topological polar surface area (TPSA) is 70.0 Å². The first-order chi connectivity index (χ1) is 9.33. The molecule has 0 fully saturated rings. The third kappa shape index (κ3) is 3.03. The molecule has 2 rings (SSSR count). The molecule has 0 amide bonds. The first-order valence-electron chi connectivity index (χ1n) is 5.63. The van der Waals surface area contributed by atoms with Gasteiger partial charge in [0.1, 0.15) is 15.2 Å². The van der Waals surface area contributed by atoms with Crippen molar-refractivity contribution in [3.63, 3.8) is 0 Å². The minimum atomic E-state index is -3.65. The van der Waals surface area contributed by atoms with Crippen LogP contribution in [0.5, 0.6) is 0 Å². The predicted octanol–water partition coefficient (Wildman–Crippen LogP) is 3.80. The predicted molar refractivity (Wildman–Crippen MR) is 83.5 cm³/mol. The van der Waals surface area contributed by atoms with Gasteiger partial charge in [-0.05, 0) is 49.2 Å². The van der Waals surface area contributed by atoms with Crippen LogP contribution in [0, 0.1) is 25.2 Å². The number of halogens is 1. The summed E-state index contributed by atoms with van der Waals surface area (Å²) in [6, 6.07) is 8.38. The van der Waals surface area contributed by atoms with E-state index in [1.54, 1.807) is 12.1 Å². The van der Waals surface area contributed by atoms with Gasteiger partial charge in [-0.15, -0.1) is 11.3 Å². The molecule has 0 aliphatic carbocycles. The zero-order valence-corrected chi connectivity index (χ0v) is 14.0. The molecule has 1 aromatic heterocycles. The minimum absolute atomic E-state index is 0.132. The second-order valence-corrected chi connectivity index (χ2v) is 8.05. The summed E-state index contributed by atoms with van der Waals surface area (Å²) in [4.78, 5) is 0.369. The molecule has 0 saturated carbocycles. The summed E-state index contributed by atoms with van der Waals surface area (Å²) >= 11 is 4.39. The van der Waals surface area contributed by atoms with E-state index in [1.807, 2.05) is 19.9 Å². The first-order valence-corrected chi connectivity index (χ1v) is 8.72. The van der Waals surface area contributed by atoms with Gasteiger partial charge in [-0.2, -0.15) is 5.26 Å². The van der Waals surface area contributed by atoms with Gasteiger partial charge in [0, 0.05) is 10.2 Å². The van der Waals surface area contributed by atoms with Crippen molar-refractivity contribution in [3.05, 3.63) is 44.7 Å². The third-order valence-corrected chi connectivity index (χ3v) is 6.76. The Balaban J connectivity index is 2.36. The Kier molecular flexibility index (Phi) is 4.18. The van der Waals surface area contributed by atoms with Crippen molar-refractivity contribution in [2.75, 3.05) is 4.72 Å². The normalized spacial score (nSPS) is 11.1. The fraction of sp³-hybridized carbons (Fsp3) is 0.154. The Morgan fingerprint density at radius 3 is 2.35 bits per heavy atom. The zero-order chi connectivity index (χ0) is 14.9. The monoisotopic (exact) mass is 370 g/mol. The number of thiophene rings is 1. The lowest BCUT2D eigenvalue weighted by atomic mass is 10.1. The lowest BCUT2D eigenvalue weighted by molar-refractivity contribution is 0.603. The fourth-order valence-corrected chi connectivity index (χ4v) is 4.11. The number of nitrogens with one attached hydrogen (secondary N) is 1. The Morgan fingerprint density at radius 2 is 1.85 bits per heavy atom. The molecule has 0 saturated heterocycles. The second-order valence-electron chi connectivity index (χ2n) is 4.26. The number of benzene rings is 1. The largest absolute Gasteiger partial charge is 0.279 e. The van der Waals surface area contributed by atoms with Crippen LogP contribution in [0.2, 0.25) is 0 Å². The molecule has 4 nitrogen and oxygen atoms in total. The van der Waals surface area contributed by atoms with Crippen LogP contribution in [0.3, 0.4) is 0 Å². The summed E-state index contributed by atoms with van der Waals surface area (Å²) in [6.45, 7) is 3.79. The molecular weight excluding hydrogens is 360 g/mol. The van der Waals surface area contributed by atoms with Gasteiger partial charge < -0.3 is 0 Å². The highest BCUT2D eigenvalue weighted by molar-refractivity contribution is 9.10. The lowest BCUT2D eigenvalue weighted by Crippen LogP contribution is -2.11. The summed E-state index contributed by atoms with van der Waals surface area (Å²) in [6.07, 6.45) is 0. The number of hydrogen-bond acceptors (Lipinski definition) is 4. The van der Waals surface area contributed by atoms with Gasteiger partial charge in [0.05, 0.1) is 0 Å². The van der Waals surface area contributed by atoms with Crippen LogP contribution >= 0.6 is 27.3 Å². The van der Waals surface area contributed by atoms with Gasteiger partial charge in [-0.1, -0.05) is 15.9 Å². The number of rotatable bonds is 3. The number of nitriles is 1. The molecule has 1 aromatic carbocycles. The SMILES string of the molecule is Cc1cc(NS(=O)(=O)c2ccc(C#N)s2)cc(C)c1Br. The maximum Gasteiger partial charge on any atom is 0.271 e. The van der Waals surface area contributed by atoms with E-state index in [4.69, 9.17) is 5.26 Å². The van der Waals surface area contributed by atoms with Crippen molar-refractivity contribution in [1.82, 2.24) is 0 Å². The maximum absolute atomic E-state index is 12.2. The quantitative estimate of drug-likeness (QED) is 0.892. The maximum atomic E-state index is 12.2. The van der Waals surface area contributed by atoms with Crippen molar-refractivity contribution in [3.8, 4) is 6.07 Å². The molecule has 1 heterocycles. The highest BCUT2D eigenvalue weighted by atomic mass is 79.9. The Morgan fingerprint density at radius 1 is 1.25 bits per heavy atom. The van der Waals surface area contributed by atoms with Crippen LogP contribution in [-0.4, -0.2) is 8.42 Å². The van der Waals surface area contributed by atoms with Crippen LogP contribution in [-0.2, 0) is 10.0 Å². The van der Waals surface area contributed by atoms with E-state index < -0.39 is 10.0 Å². The summed E-state index contributed by atoms with van der Waals surface area (Å²) in [5.74, 6) is 0. The zero-order valence-electron chi connectivity index (χ0n) is 10.8. The number of aryl methyl sites for hydroxylation is 2. The molecule has 0 bridgehead atoms. The second kappa shape index (κ2) is 5.56. The molecule has 104 valence electrons. The fourth-order valence-electron chi connectivity index (χ4n) is 1.73. The highest BCUT2D eigenvalue weighted by Crippen LogP contribution is 2.28. The van der Waals surface area contributed by atoms with Crippen LogP contribution in [0.15, 0.2) is 32.9 Å². The van der Waals surface area contributed by atoms with E-state index in [9.17, 15) is 8.42 Å². The van der Waals surface area contributed by atoms with Crippen molar-refractivity contribution >= 4 is 43.0 Å².